The second-order valence-electron chi connectivity index (χ2n) is 4.61. The Balaban J connectivity index is 1.87. The first-order chi connectivity index (χ1) is 8.15. The molecule has 1 aliphatic heterocycles. The molecule has 0 amide bonds. The topological polar surface area (TPSA) is 66.6 Å². The van der Waals surface area contributed by atoms with Crippen LogP contribution in [0.5, 0.6) is 0 Å². The molecular weight excluding hydrogens is 220 g/mol. The molecule has 1 fully saturated rings. The van der Waals surface area contributed by atoms with Gasteiger partial charge in [-0.1, -0.05) is 0 Å². The highest BCUT2D eigenvalue weighted by Gasteiger charge is 2.22. The summed E-state index contributed by atoms with van der Waals surface area (Å²) in [5, 5.41) is 8.58. The summed E-state index contributed by atoms with van der Waals surface area (Å²) in [6.45, 7) is 1.14. The van der Waals surface area contributed by atoms with E-state index in [1.54, 1.807) is 6.26 Å². The van der Waals surface area contributed by atoms with Gasteiger partial charge in [0.05, 0.1) is 12.1 Å². The number of aryl methyl sites for hydroxylation is 1. The summed E-state index contributed by atoms with van der Waals surface area (Å²) in [5.74, 6) is -0.0748. The van der Waals surface area contributed by atoms with Crippen LogP contribution < -0.4 is 0 Å². The van der Waals surface area contributed by atoms with Crippen LogP contribution in [0.4, 0.5) is 0 Å². The van der Waals surface area contributed by atoms with Gasteiger partial charge in [0, 0.05) is 18.9 Å². The molecule has 0 radical (unpaired) electrons. The lowest BCUT2D eigenvalue weighted by Crippen LogP contribution is -2.26. The zero-order chi connectivity index (χ0) is 12.3. The van der Waals surface area contributed by atoms with Gasteiger partial charge in [0.25, 0.3) is 0 Å². The second kappa shape index (κ2) is 5.31. The van der Waals surface area contributed by atoms with E-state index < -0.39 is 5.97 Å². The summed E-state index contributed by atoms with van der Waals surface area (Å²) >= 11 is 0. The Labute approximate surface area is 100 Å². The van der Waals surface area contributed by atoms with Crippen molar-refractivity contribution in [3.05, 3.63) is 17.8 Å². The van der Waals surface area contributed by atoms with Crippen LogP contribution in [0.2, 0.25) is 0 Å². The van der Waals surface area contributed by atoms with Crippen LogP contribution in [0.3, 0.4) is 0 Å². The van der Waals surface area contributed by atoms with Crippen LogP contribution in [0.15, 0.2) is 10.7 Å². The van der Waals surface area contributed by atoms with E-state index in [-0.39, 0.29) is 6.42 Å². The molecule has 5 heteroatoms. The Morgan fingerprint density at radius 1 is 1.71 bits per heavy atom. The van der Waals surface area contributed by atoms with Crippen LogP contribution in [-0.4, -0.2) is 40.6 Å². The van der Waals surface area contributed by atoms with Gasteiger partial charge in [-0.05, 0) is 26.4 Å². The number of nitrogens with zero attached hydrogens (tertiary/aromatic N) is 2. The number of likely N-dealkylation sites (tertiary alicyclic amines) is 1. The minimum absolute atomic E-state index is 0.106. The molecule has 0 saturated carbocycles. The van der Waals surface area contributed by atoms with Gasteiger partial charge in [0.15, 0.2) is 5.89 Å². The largest absolute Gasteiger partial charge is 0.481 e. The number of rotatable bonds is 5. The molecule has 17 heavy (non-hydrogen) atoms. The minimum Gasteiger partial charge on any atom is -0.481 e. The van der Waals surface area contributed by atoms with Crippen LogP contribution >= 0.6 is 0 Å². The molecule has 1 aliphatic rings. The number of aliphatic carboxylic acids is 1. The first-order valence-electron chi connectivity index (χ1n) is 6.00. The summed E-state index contributed by atoms with van der Waals surface area (Å²) in [6.07, 6.45) is 5.36. The zero-order valence-electron chi connectivity index (χ0n) is 10.1. The van der Waals surface area contributed by atoms with Crippen molar-refractivity contribution in [2.24, 2.45) is 0 Å². The number of oxazole rings is 1. The van der Waals surface area contributed by atoms with Gasteiger partial charge in [-0.3, -0.25) is 4.79 Å². The van der Waals surface area contributed by atoms with E-state index >= 15 is 0 Å². The first-order valence-corrected chi connectivity index (χ1v) is 6.00. The molecule has 0 aliphatic carbocycles. The fourth-order valence-corrected chi connectivity index (χ4v) is 2.23. The van der Waals surface area contributed by atoms with Crippen molar-refractivity contribution in [1.29, 1.82) is 0 Å². The summed E-state index contributed by atoms with van der Waals surface area (Å²) in [6, 6.07) is 0.515. The molecule has 0 aromatic carbocycles. The minimum atomic E-state index is -0.801. The maximum absolute atomic E-state index is 10.4. The van der Waals surface area contributed by atoms with E-state index in [1.807, 2.05) is 0 Å². The van der Waals surface area contributed by atoms with Gasteiger partial charge >= 0.3 is 5.97 Å². The van der Waals surface area contributed by atoms with Crippen molar-refractivity contribution in [2.75, 3.05) is 13.6 Å². The summed E-state index contributed by atoms with van der Waals surface area (Å²) in [7, 11) is 2.12. The third-order valence-electron chi connectivity index (χ3n) is 3.28. The molecular formula is C12H18N2O3. The van der Waals surface area contributed by atoms with Gasteiger partial charge in [-0.15, -0.1) is 0 Å². The lowest BCUT2D eigenvalue weighted by Gasteiger charge is -2.17. The highest BCUT2D eigenvalue weighted by molar-refractivity contribution is 5.66. The number of carboxylic acids is 1. The number of carboxylic acid groups (broad SMARTS) is 1. The Bertz CT molecular complexity index is 389. The summed E-state index contributed by atoms with van der Waals surface area (Å²) in [5.41, 5.74) is 0.739. The van der Waals surface area contributed by atoms with E-state index in [0.29, 0.717) is 12.5 Å². The molecule has 2 rings (SSSR count). The Morgan fingerprint density at radius 3 is 3.18 bits per heavy atom. The number of likely N-dealkylation sites (N-methyl/N-ethyl adjacent to an activating group) is 1. The van der Waals surface area contributed by atoms with Crippen LogP contribution in [0, 0.1) is 0 Å². The van der Waals surface area contributed by atoms with E-state index in [4.69, 9.17) is 9.52 Å². The van der Waals surface area contributed by atoms with Crippen molar-refractivity contribution in [3.63, 3.8) is 0 Å². The van der Waals surface area contributed by atoms with Crippen molar-refractivity contribution >= 4 is 5.97 Å². The highest BCUT2D eigenvalue weighted by atomic mass is 16.4. The first kappa shape index (κ1) is 12.1. The Morgan fingerprint density at radius 2 is 2.53 bits per heavy atom. The average Bonchev–Trinajstić information content (AvgIpc) is 2.87. The molecule has 1 aromatic rings. The Hall–Kier alpha value is -1.36. The fourth-order valence-electron chi connectivity index (χ4n) is 2.23. The van der Waals surface area contributed by atoms with Crippen molar-refractivity contribution in [1.82, 2.24) is 9.88 Å². The quantitative estimate of drug-likeness (QED) is 0.838. The number of hydrogen-bond acceptors (Lipinski definition) is 4. The van der Waals surface area contributed by atoms with E-state index in [2.05, 4.69) is 16.9 Å². The SMILES string of the molecule is CN1CCCC1Cc1nc(CCC(=O)O)co1. The monoisotopic (exact) mass is 238 g/mol. The van der Waals surface area contributed by atoms with Gasteiger partial charge in [0.1, 0.15) is 6.26 Å². The molecule has 1 N–H and O–H groups in total. The molecule has 1 unspecified atom stereocenters. The van der Waals surface area contributed by atoms with Crippen molar-refractivity contribution in [3.8, 4) is 0 Å². The number of aromatic nitrogens is 1. The molecule has 0 spiro atoms. The van der Waals surface area contributed by atoms with Gasteiger partial charge < -0.3 is 14.4 Å². The number of hydrogen-bond donors (Lipinski definition) is 1. The third-order valence-corrected chi connectivity index (χ3v) is 3.28. The van der Waals surface area contributed by atoms with Crippen molar-refractivity contribution in [2.45, 2.75) is 38.1 Å². The van der Waals surface area contributed by atoms with Crippen LogP contribution in [0.25, 0.3) is 0 Å². The van der Waals surface area contributed by atoms with E-state index in [9.17, 15) is 4.79 Å². The lowest BCUT2D eigenvalue weighted by molar-refractivity contribution is -0.136. The van der Waals surface area contributed by atoms with Gasteiger partial charge in [0.2, 0.25) is 0 Å². The summed E-state index contributed by atoms with van der Waals surface area (Å²) < 4.78 is 5.38. The average molecular weight is 238 g/mol. The number of carbonyl (C=O) groups is 1. The Kier molecular flexibility index (Phi) is 3.78. The predicted octanol–water partition coefficient (Wildman–Crippen LogP) is 1.33. The zero-order valence-corrected chi connectivity index (χ0v) is 10.1. The van der Waals surface area contributed by atoms with Crippen LogP contribution in [-0.2, 0) is 17.6 Å². The maximum atomic E-state index is 10.4. The molecule has 1 atom stereocenters. The van der Waals surface area contributed by atoms with Gasteiger partial charge in [-0.25, -0.2) is 4.98 Å². The molecule has 1 saturated heterocycles. The van der Waals surface area contributed by atoms with Crippen LogP contribution in [0.1, 0.15) is 30.8 Å². The van der Waals surface area contributed by atoms with E-state index in [1.165, 1.54) is 12.8 Å². The molecule has 94 valence electrons. The predicted molar refractivity (Wildman–Crippen MR) is 61.8 cm³/mol. The second-order valence-corrected chi connectivity index (χ2v) is 4.61. The van der Waals surface area contributed by atoms with E-state index in [0.717, 1.165) is 24.6 Å². The van der Waals surface area contributed by atoms with Crippen molar-refractivity contribution < 1.29 is 14.3 Å². The maximum Gasteiger partial charge on any atom is 0.303 e. The molecule has 2 heterocycles. The highest BCUT2D eigenvalue weighted by Crippen LogP contribution is 2.19. The molecule has 5 nitrogen and oxygen atoms in total. The fraction of sp³-hybridized carbons (Fsp3) is 0.667. The third kappa shape index (κ3) is 3.30. The smallest absolute Gasteiger partial charge is 0.303 e. The molecule has 0 bridgehead atoms. The lowest BCUT2D eigenvalue weighted by atomic mass is 10.1. The van der Waals surface area contributed by atoms with Gasteiger partial charge in [-0.2, -0.15) is 0 Å². The standard InChI is InChI=1S/C12H18N2O3/c1-14-6-2-3-10(14)7-11-13-9(8-17-11)4-5-12(15)16/h8,10H,2-7H2,1H3,(H,15,16). The molecule has 1 aromatic heterocycles. The normalized spacial score (nSPS) is 20.9. The summed E-state index contributed by atoms with van der Waals surface area (Å²) in [4.78, 5) is 17.1.